The monoisotopic (exact) mass is 443 g/mol. The fourth-order valence-electron chi connectivity index (χ4n) is 3.51. The summed E-state index contributed by atoms with van der Waals surface area (Å²) < 4.78 is 37.4. The predicted octanol–water partition coefficient (Wildman–Crippen LogP) is 2.34. The molecule has 174 valence electrons. The number of carbonyl (C=O) groups is 1. The number of nitrogens with zero attached hydrogens (tertiary/aromatic N) is 2. The van der Waals surface area contributed by atoms with Gasteiger partial charge in [0.2, 0.25) is 0 Å². The molecular formula is C21H32F3N5O2. The smallest absolute Gasteiger partial charge is 0.401 e. The first-order valence-corrected chi connectivity index (χ1v) is 10.7. The van der Waals surface area contributed by atoms with Gasteiger partial charge in [0.25, 0.3) is 5.91 Å². The predicted molar refractivity (Wildman–Crippen MR) is 114 cm³/mol. The molecule has 31 heavy (non-hydrogen) atoms. The molecule has 1 aliphatic rings. The van der Waals surface area contributed by atoms with Crippen LogP contribution in [-0.4, -0.2) is 73.9 Å². The molecule has 7 nitrogen and oxygen atoms in total. The van der Waals surface area contributed by atoms with Gasteiger partial charge in [-0.3, -0.25) is 14.7 Å². The van der Waals surface area contributed by atoms with Gasteiger partial charge in [0.05, 0.1) is 12.1 Å². The summed E-state index contributed by atoms with van der Waals surface area (Å²) in [6, 6.07) is 6.35. The first-order valence-electron chi connectivity index (χ1n) is 10.7. The minimum Gasteiger partial charge on any atom is -0.507 e. The molecular weight excluding hydrogens is 411 g/mol. The molecule has 0 spiro atoms. The zero-order valence-corrected chi connectivity index (χ0v) is 17.8. The lowest BCUT2D eigenvalue weighted by Gasteiger charge is -2.32. The second-order valence-corrected chi connectivity index (χ2v) is 7.58. The molecule has 1 heterocycles. The molecule has 1 aromatic carbocycles. The summed E-state index contributed by atoms with van der Waals surface area (Å²) in [5.41, 5.74) is 0.226. The highest BCUT2D eigenvalue weighted by Crippen LogP contribution is 2.24. The summed E-state index contributed by atoms with van der Waals surface area (Å²) in [6.45, 7) is 4.16. The van der Waals surface area contributed by atoms with Crippen LogP contribution in [0.3, 0.4) is 0 Å². The number of nitrogens with one attached hydrogen (secondary N) is 3. The quantitative estimate of drug-likeness (QED) is 0.267. The number of aromatic hydroxyl groups is 1. The number of aliphatic imine (C=N–C) groups is 1. The van der Waals surface area contributed by atoms with Crippen molar-refractivity contribution in [3.05, 3.63) is 29.8 Å². The highest BCUT2D eigenvalue weighted by atomic mass is 19.4. The van der Waals surface area contributed by atoms with Crippen LogP contribution in [-0.2, 0) is 0 Å². The van der Waals surface area contributed by atoms with Crippen LogP contribution < -0.4 is 16.0 Å². The lowest BCUT2D eigenvalue weighted by Crippen LogP contribution is -2.42. The maximum absolute atomic E-state index is 12.5. The molecule has 1 aromatic rings. The summed E-state index contributed by atoms with van der Waals surface area (Å²) in [4.78, 5) is 18.1. The SMILES string of the molecule is CCNC(=NCCC1CCN(CC(F)(F)F)CC1)NCCNC(=O)c1ccccc1O. The van der Waals surface area contributed by atoms with Gasteiger partial charge >= 0.3 is 6.18 Å². The molecule has 0 aromatic heterocycles. The number of hydrogen-bond acceptors (Lipinski definition) is 4. The zero-order chi connectivity index (χ0) is 22.7. The summed E-state index contributed by atoms with van der Waals surface area (Å²) in [5, 5.41) is 18.7. The van der Waals surface area contributed by atoms with Gasteiger partial charge in [0.15, 0.2) is 5.96 Å². The number of rotatable bonds is 9. The first-order chi connectivity index (χ1) is 14.8. The Hall–Kier alpha value is -2.49. The number of guanidine groups is 1. The minimum atomic E-state index is -4.13. The van der Waals surface area contributed by atoms with E-state index in [1.54, 1.807) is 18.2 Å². The van der Waals surface area contributed by atoms with Crippen molar-refractivity contribution in [1.82, 2.24) is 20.9 Å². The average molecular weight is 444 g/mol. The standard InChI is InChI=1S/C21H32F3N5O2/c1-2-25-20(28-12-11-26-19(31)17-5-3-4-6-18(17)30)27-10-7-16-8-13-29(14-9-16)15-21(22,23)24/h3-6,16,30H,2,7-15H2,1H3,(H,26,31)(H2,25,27,28). The summed E-state index contributed by atoms with van der Waals surface area (Å²) in [7, 11) is 0. The van der Waals surface area contributed by atoms with Crippen LogP contribution in [0.1, 0.15) is 36.5 Å². The third-order valence-electron chi connectivity index (χ3n) is 5.11. The maximum atomic E-state index is 12.5. The molecule has 1 saturated heterocycles. The van der Waals surface area contributed by atoms with Crippen molar-refractivity contribution in [2.24, 2.45) is 10.9 Å². The maximum Gasteiger partial charge on any atom is 0.401 e. The molecule has 4 N–H and O–H groups in total. The number of carbonyl (C=O) groups excluding carboxylic acids is 1. The Bertz CT molecular complexity index is 719. The number of phenolic OH excluding ortho intramolecular Hbond substituents is 1. The number of likely N-dealkylation sites (tertiary alicyclic amines) is 1. The van der Waals surface area contributed by atoms with E-state index in [0.717, 1.165) is 19.3 Å². The van der Waals surface area contributed by atoms with Gasteiger partial charge in [0.1, 0.15) is 5.75 Å². The third kappa shape index (κ3) is 9.46. The Labute approximate surface area is 181 Å². The molecule has 0 aliphatic carbocycles. The van der Waals surface area contributed by atoms with Crippen molar-refractivity contribution >= 4 is 11.9 Å². The van der Waals surface area contributed by atoms with Crippen LogP contribution >= 0.6 is 0 Å². The number of halogens is 3. The molecule has 1 fully saturated rings. The Morgan fingerprint density at radius 2 is 1.84 bits per heavy atom. The lowest BCUT2D eigenvalue weighted by atomic mass is 9.93. The summed E-state index contributed by atoms with van der Waals surface area (Å²) >= 11 is 0. The van der Waals surface area contributed by atoms with Gasteiger partial charge in [0, 0.05) is 26.2 Å². The Balaban J connectivity index is 1.67. The lowest BCUT2D eigenvalue weighted by molar-refractivity contribution is -0.148. The molecule has 1 aliphatic heterocycles. The van der Waals surface area contributed by atoms with E-state index >= 15 is 0 Å². The van der Waals surface area contributed by atoms with Gasteiger partial charge in [-0.15, -0.1) is 0 Å². The molecule has 0 bridgehead atoms. The number of benzene rings is 1. The van der Waals surface area contributed by atoms with Crippen LogP contribution in [0.5, 0.6) is 5.75 Å². The molecule has 0 unspecified atom stereocenters. The highest BCUT2D eigenvalue weighted by molar-refractivity contribution is 5.96. The van der Waals surface area contributed by atoms with E-state index in [2.05, 4.69) is 20.9 Å². The molecule has 2 rings (SSSR count). The number of amides is 1. The number of alkyl halides is 3. The fraction of sp³-hybridized carbons (Fsp3) is 0.619. The van der Waals surface area contributed by atoms with Crippen molar-refractivity contribution in [2.75, 3.05) is 45.8 Å². The molecule has 0 radical (unpaired) electrons. The van der Waals surface area contributed by atoms with Gasteiger partial charge in [-0.25, -0.2) is 0 Å². The van der Waals surface area contributed by atoms with E-state index in [0.29, 0.717) is 51.1 Å². The van der Waals surface area contributed by atoms with Gasteiger partial charge in [-0.05, 0) is 57.3 Å². The van der Waals surface area contributed by atoms with E-state index in [-0.39, 0.29) is 17.2 Å². The fourth-order valence-corrected chi connectivity index (χ4v) is 3.51. The second-order valence-electron chi connectivity index (χ2n) is 7.58. The second kappa shape index (κ2) is 12.4. The van der Waals surface area contributed by atoms with Crippen molar-refractivity contribution in [3.8, 4) is 5.75 Å². The van der Waals surface area contributed by atoms with Crippen molar-refractivity contribution in [1.29, 1.82) is 0 Å². The Morgan fingerprint density at radius 3 is 2.48 bits per heavy atom. The number of para-hydroxylation sites is 1. The number of piperidine rings is 1. The van der Waals surface area contributed by atoms with E-state index in [1.807, 2.05) is 6.92 Å². The number of phenols is 1. The summed E-state index contributed by atoms with van der Waals surface area (Å²) in [6.07, 6.45) is -1.78. The molecule has 10 heteroatoms. The van der Waals surface area contributed by atoms with Gasteiger partial charge in [-0.2, -0.15) is 13.2 Å². The zero-order valence-electron chi connectivity index (χ0n) is 17.8. The van der Waals surface area contributed by atoms with Crippen LogP contribution in [0.15, 0.2) is 29.3 Å². The van der Waals surface area contributed by atoms with E-state index < -0.39 is 12.7 Å². The molecule has 0 atom stereocenters. The largest absolute Gasteiger partial charge is 0.507 e. The topological polar surface area (TPSA) is 89.0 Å². The van der Waals surface area contributed by atoms with Crippen LogP contribution in [0.4, 0.5) is 13.2 Å². The molecule has 1 amide bonds. The average Bonchev–Trinajstić information content (AvgIpc) is 2.71. The van der Waals surface area contributed by atoms with Gasteiger partial charge in [-0.1, -0.05) is 12.1 Å². The van der Waals surface area contributed by atoms with Gasteiger partial charge < -0.3 is 21.1 Å². The third-order valence-corrected chi connectivity index (χ3v) is 5.11. The van der Waals surface area contributed by atoms with Crippen molar-refractivity contribution in [2.45, 2.75) is 32.4 Å². The van der Waals surface area contributed by atoms with Crippen LogP contribution in [0.2, 0.25) is 0 Å². The molecule has 0 saturated carbocycles. The number of hydrogen-bond donors (Lipinski definition) is 4. The summed E-state index contributed by atoms with van der Waals surface area (Å²) in [5.74, 6) is 0.605. The Morgan fingerprint density at radius 1 is 1.16 bits per heavy atom. The first kappa shape index (κ1) is 24.8. The van der Waals surface area contributed by atoms with E-state index in [4.69, 9.17) is 0 Å². The van der Waals surface area contributed by atoms with Crippen molar-refractivity contribution in [3.63, 3.8) is 0 Å². The van der Waals surface area contributed by atoms with E-state index in [9.17, 15) is 23.1 Å². The highest BCUT2D eigenvalue weighted by Gasteiger charge is 2.32. The van der Waals surface area contributed by atoms with Crippen LogP contribution in [0.25, 0.3) is 0 Å². The van der Waals surface area contributed by atoms with E-state index in [1.165, 1.54) is 11.0 Å². The minimum absolute atomic E-state index is 0.0629. The Kier molecular flexibility index (Phi) is 9.90. The normalized spacial score (nSPS) is 16.2. The van der Waals surface area contributed by atoms with Crippen molar-refractivity contribution < 1.29 is 23.1 Å². The van der Waals surface area contributed by atoms with Crippen LogP contribution in [0, 0.1) is 5.92 Å².